The highest BCUT2D eigenvalue weighted by molar-refractivity contribution is 5.67. The molecule has 0 radical (unpaired) electrons. The molecule has 5 nitrogen and oxygen atoms in total. The lowest BCUT2D eigenvalue weighted by molar-refractivity contribution is 0.141. The van der Waals surface area contributed by atoms with E-state index in [1.165, 1.54) is 0 Å². The van der Waals surface area contributed by atoms with Gasteiger partial charge in [-0.2, -0.15) is 0 Å². The Morgan fingerprint density at radius 2 is 2.09 bits per heavy atom. The van der Waals surface area contributed by atoms with Crippen molar-refractivity contribution in [1.82, 2.24) is 10.3 Å². The number of nitrogens with one attached hydrogen (secondary N) is 1. The molecule has 0 aliphatic rings. The summed E-state index contributed by atoms with van der Waals surface area (Å²) in [4.78, 5) is 15.6. The highest BCUT2D eigenvalue weighted by Crippen LogP contribution is 2.16. The number of pyridine rings is 1. The number of amides is 1. The van der Waals surface area contributed by atoms with Gasteiger partial charge in [0.1, 0.15) is 12.4 Å². The zero-order valence-electron chi connectivity index (χ0n) is 12.4. The van der Waals surface area contributed by atoms with Gasteiger partial charge in [-0.15, -0.1) is 0 Å². The molecule has 1 N–H and O–H groups in total. The second-order valence-electron chi connectivity index (χ2n) is 4.46. The lowest BCUT2D eigenvalue weighted by Crippen LogP contribution is -2.24. The molecule has 1 aromatic heterocycles. The molecule has 0 aliphatic carbocycles. The van der Waals surface area contributed by atoms with Crippen LogP contribution in [0, 0.1) is 0 Å². The first-order valence-electron chi connectivity index (χ1n) is 6.88. The van der Waals surface area contributed by atoms with Crippen molar-refractivity contribution in [2.24, 2.45) is 0 Å². The summed E-state index contributed by atoms with van der Waals surface area (Å²) in [6.07, 6.45) is 6.55. The van der Waals surface area contributed by atoms with E-state index in [2.05, 4.69) is 10.3 Å². The fourth-order valence-electron chi connectivity index (χ4n) is 1.81. The molecule has 114 valence electrons. The molecule has 22 heavy (non-hydrogen) atoms. The van der Waals surface area contributed by atoms with E-state index in [1.54, 1.807) is 25.6 Å². The molecule has 0 unspecified atom stereocenters. The average molecular weight is 298 g/mol. The summed E-state index contributed by atoms with van der Waals surface area (Å²) in [5.41, 5.74) is 1.80. The number of hydrogen-bond acceptors (Lipinski definition) is 4. The summed E-state index contributed by atoms with van der Waals surface area (Å²) in [6.45, 7) is 0.623. The predicted octanol–water partition coefficient (Wildman–Crippen LogP) is 3.03. The Hall–Kier alpha value is -2.82. The van der Waals surface area contributed by atoms with E-state index in [0.717, 1.165) is 16.9 Å². The SMILES string of the molecule is COc1ccncc1C=CCNC(=O)OCc1ccccc1. The minimum atomic E-state index is -0.452. The molecule has 0 bridgehead atoms. The normalized spacial score (nSPS) is 10.4. The molecule has 1 amide bonds. The topological polar surface area (TPSA) is 60.5 Å². The van der Waals surface area contributed by atoms with Gasteiger partial charge >= 0.3 is 6.09 Å². The highest BCUT2D eigenvalue weighted by Gasteiger charge is 2.01. The maximum atomic E-state index is 11.5. The number of rotatable bonds is 6. The second kappa shape index (κ2) is 8.46. The standard InChI is InChI=1S/C17H18N2O3/c1-21-16-9-11-18-12-15(16)8-5-10-19-17(20)22-13-14-6-3-2-4-7-14/h2-9,11-12H,10,13H2,1H3,(H,19,20). The van der Waals surface area contributed by atoms with E-state index >= 15 is 0 Å². The van der Waals surface area contributed by atoms with Gasteiger partial charge in [-0.3, -0.25) is 4.98 Å². The Kier molecular flexibility index (Phi) is 5.99. The Balaban J connectivity index is 1.73. The van der Waals surface area contributed by atoms with Crippen LogP contribution >= 0.6 is 0 Å². The largest absolute Gasteiger partial charge is 0.496 e. The smallest absolute Gasteiger partial charge is 0.407 e. The number of hydrogen-bond donors (Lipinski definition) is 1. The van der Waals surface area contributed by atoms with Crippen LogP contribution < -0.4 is 10.1 Å². The van der Waals surface area contributed by atoms with Crippen molar-refractivity contribution in [3.8, 4) is 5.75 Å². The third-order valence-electron chi connectivity index (χ3n) is 2.90. The average Bonchev–Trinajstić information content (AvgIpc) is 2.58. The Bertz CT molecular complexity index is 627. The van der Waals surface area contributed by atoms with Crippen LogP contribution in [0.4, 0.5) is 4.79 Å². The van der Waals surface area contributed by atoms with Crippen LogP contribution in [0.3, 0.4) is 0 Å². The van der Waals surface area contributed by atoms with Gasteiger partial charge in [0.15, 0.2) is 0 Å². The number of nitrogens with zero attached hydrogens (tertiary/aromatic N) is 1. The fraction of sp³-hybridized carbons (Fsp3) is 0.176. The maximum Gasteiger partial charge on any atom is 0.407 e. The van der Waals surface area contributed by atoms with Gasteiger partial charge in [0.25, 0.3) is 0 Å². The second-order valence-corrected chi connectivity index (χ2v) is 4.46. The summed E-state index contributed by atoms with van der Waals surface area (Å²) in [5, 5.41) is 2.65. The quantitative estimate of drug-likeness (QED) is 0.890. The zero-order chi connectivity index (χ0) is 15.6. The number of aromatic nitrogens is 1. The van der Waals surface area contributed by atoms with E-state index in [4.69, 9.17) is 9.47 Å². The minimum absolute atomic E-state index is 0.257. The van der Waals surface area contributed by atoms with Gasteiger partial charge in [0.05, 0.1) is 7.11 Å². The molecule has 0 atom stereocenters. The number of carbonyl (C=O) groups excluding carboxylic acids is 1. The van der Waals surface area contributed by atoms with Crippen LogP contribution in [-0.4, -0.2) is 24.7 Å². The molecule has 0 saturated carbocycles. The third kappa shape index (κ3) is 4.94. The van der Waals surface area contributed by atoms with Crippen molar-refractivity contribution in [3.63, 3.8) is 0 Å². The lowest BCUT2D eigenvalue weighted by Gasteiger charge is -2.05. The van der Waals surface area contributed by atoms with E-state index in [1.807, 2.05) is 42.5 Å². The van der Waals surface area contributed by atoms with Crippen molar-refractivity contribution in [2.45, 2.75) is 6.61 Å². The van der Waals surface area contributed by atoms with Crippen molar-refractivity contribution >= 4 is 12.2 Å². The van der Waals surface area contributed by atoms with Gasteiger partial charge in [-0.1, -0.05) is 42.5 Å². The zero-order valence-corrected chi connectivity index (χ0v) is 12.4. The van der Waals surface area contributed by atoms with Crippen molar-refractivity contribution in [3.05, 3.63) is 66.0 Å². The Morgan fingerprint density at radius 1 is 1.27 bits per heavy atom. The van der Waals surface area contributed by atoms with E-state index < -0.39 is 6.09 Å². The Labute approximate surface area is 129 Å². The molecule has 1 heterocycles. The number of alkyl carbamates (subject to hydrolysis) is 1. The van der Waals surface area contributed by atoms with E-state index in [-0.39, 0.29) is 6.61 Å². The fourth-order valence-corrected chi connectivity index (χ4v) is 1.81. The Morgan fingerprint density at radius 3 is 2.86 bits per heavy atom. The van der Waals surface area contributed by atoms with Gasteiger partial charge in [-0.25, -0.2) is 4.79 Å². The van der Waals surface area contributed by atoms with Crippen molar-refractivity contribution in [2.75, 3.05) is 13.7 Å². The molecule has 2 rings (SSSR count). The molecule has 1 aromatic carbocycles. The van der Waals surface area contributed by atoms with Crippen LogP contribution in [0.2, 0.25) is 0 Å². The van der Waals surface area contributed by atoms with Gasteiger partial charge in [-0.05, 0) is 11.6 Å². The number of benzene rings is 1. The summed E-state index contributed by atoms with van der Waals surface area (Å²) in [6, 6.07) is 11.3. The predicted molar refractivity (Wildman–Crippen MR) is 84.5 cm³/mol. The summed E-state index contributed by atoms with van der Waals surface area (Å²) in [5.74, 6) is 0.734. The van der Waals surface area contributed by atoms with Crippen LogP contribution in [0.15, 0.2) is 54.9 Å². The number of methoxy groups -OCH3 is 1. The van der Waals surface area contributed by atoms with Crippen LogP contribution in [0.1, 0.15) is 11.1 Å². The summed E-state index contributed by atoms with van der Waals surface area (Å²) in [7, 11) is 1.60. The number of ether oxygens (including phenoxy) is 2. The molecule has 0 fully saturated rings. The first-order chi connectivity index (χ1) is 10.8. The lowest BCUT2D eigenvalue weighted by atomic mass is 10.2. The monoisotopic (exact) mass is 298 g/mol. The molecular weight excluding hydrogens is 280 g/mol. The van der Waals surface area contributed by atoms with Crippen LogP contribution in [0.5, 0.6) is 5.75 Å². The molecular formula is C17H18N2O3. The first-order valence-corrected chi connectivity index (χ1v) is 6.88. The molecule has 0 aliphatic heterocycles. The summed E-state index contributed by atoms with van der Waals surface area (Å²) >= 11 is 0. The number of carbonyl (C=O) groups is 1. The van der Waals surface area contributed by atoms with Crippen LogP contribution in [0.25, 0.3) is 6.08 Å². The van der Waals surface area contributed by atoms with Gasteiger partial charge < -0.3 is 14.8 Å². The summed E-state index contributed by atoms with van der Waals surface area (Å²) < 4.78 is 10.3. The van der Waals surface area contributed by atoms with Crippen molar-refractivity contribution in [1.29, 1.82) is 0 Å². The van der Waals surface area contributed by atoms with E-state index in [0.29, 0.717) is 6.54 Å². The maximum absolute atomic E-state index is 11.5. The highest BCUT2D eigenvalue weighted by atomic mass is 16.5. The molecule has 5 heteroatoms. The van der Waals surface area contributed by atoms with Gasteiger partial charge in [0, 0.05) is 24.5 Å². The van der Waals surface area contributed by atoms with Gasteiger partial charge in [0.2, 0.25) is 0 Å². The molecule has 0 saturated heterocycles. The first kappa shape index (κ1) is 15.6. The van der Waals surface area contributed by atoms with E-state index in [9.17, 15) is 4.79 Å². The van der Waals surface area contributed by atoms with Crippen molar-refractivity contribution < 1.29 is 14.3 Å². The van der Waals surface area contributed by atoms with Crippen LogP contribution in [-0.2, 0) is 11.3 Å². The molecule has 2 aromatic rings. The molecule has 0 spiro atoms. The third-order valence-corrected chi connectivity index (χ3v) is 2.90. The minimum Gasteiger partial charge on any atom is -0.496 e.